The van der Waals surface area contributed by atoms with Gasteiger partial charge in [-0.1, -0.05) is 24.3 Å². The van der Waals surface area contributed by atoms with E-state index in [2.05, 4.69) is 17.0 Å². The molecular formula is C17H24N2O2. The van der Waals surface area contributed by atoms with Crippen LogP contribution in [0.15, 0.2) is 24.3 Å². The summed E-state index contributed by atoms with van der Waals surface area (Å²) in [5.41, 5.74) is 1.70. The molecule has 1 aromatic rings. The normalized spacial score (nSPS) is 23.2. The van der Waals surface area contributed by atoms with Crippen LogP contribution in [0.25, 0.3) is 0 Å². The van der Waals surface area contributed by atoms with E-state index in [0.717, 1.165) is 30.6 Å². The second-order valence-corrected chi connectivity index (χ2v) is 6.25. The number of hydrogen-bond donors (Lipinski definition) is 1. The molecule has 1 aliphatic rings. The first kappa shape index (κ1) is 16.0. The lowest BCUT2D eigenvalue weighted by molar-refractivity contribution is 0.107. The summed E-state index contributed by atoms with van der Waals surface area (Å²) in [5.74, 6) is 0. The number of hydrogen-bond acceptors (Lipinski definition) is 4. The molecule has 2 rings (SSSR count). The molecule has 4 heteroatoms. The predicted octanol–water partition coefficient (Wildman–Crippen LogP) is 2.07. The molecule has 0 spiro atoms. The van der Waals surface area contributed by atoms with E-state index in [1.165, 1.54) is 0 Å². The highest BCUT2D eigenvalue weighted by atomic mass is 16.5. The molecule has 114 valence electrons. The molecule has 1 N–H and O–H groups in total. The van der Waals surface area contributed by atoms with E-state index in [1.54, 1.807) is 7.11 Å². The number of ether oxygens (including phenoxy) is 1. The zero-order chi connectivity index (χ0) is 15.5. The predicted molar refractivity (Wildman–Crippen MR) is 81.8 cm³/mol. The Kier molecular flexibility index (Phi) is 5.00. The van der Waals surface area contributed by atoms with Gasteiger partial charge >= 0.3 is 0 Å². The van der Waals surface area contributed by atoms with Gasteiger partial charge in [0.1, 0.15) is 0 Å². The molecule has 1 fully saturated rings. The van der Waals surface area contributed by atoms with E-state index in [-0.39, 0.29) is 18.8 Å². The summed E-state index contributed by atoms with van der Waals surface area (Å²) in [5, 5.41) is 18.9. The van der Waals surface area contributed by atoms with Crippen LogP contribution in [0.4, 0.5) is 0 Å². The van der Waals surface area contributed by atoms with E-state index < -0.39 is 5.41 Å². The Morgan fingerprint density at radius 2 is 2.14 bits per heavy atom. The molecule has 4 nitrogen and oxygen atoms in total. The van der Waals surface area contributed by atoms with Gasteiger partial charge in [0.05, 0.1) is 24.2 Å². The van der Waals surface area contributed by atoms with Gasteiger partial charge in [-0.3, -0.25) is 4.90 Å². The Morgan fingerprint density at radius 3 is 2.76 bits per heavy atom. The van der Waals surface area contributed by atoms with Crippen molar-refractivity contribution in [1.29, 1.82) is 5.26 Å². The van der Waals surface area contributed by atoms with E-state index in [0.29, 0.717) is 0 Å². The summed E-state index contributed by atoms with van der Waals surface area (Å²) in [4.78, 5) is 2.25. The van der Waals surface area contributed by atoms with Crippen molar-refractivity contribution in [3.63, 3.8) is 0 Å². The Hall–Kier alpha value is -1.41. The third-order valence-electron chi connectivity index (χ3n) is 4.38. The molecule has 0 radical (unpaired) electrons. The minimum atomic E-state index is -0.508. The molecule has 2 atom stereocenters. The van der Waals surface area contributed by atoms with Gasteiger partial charge in [0.15, 0.2) is 0 Å². The highest BCUT2D eigenvalue weighted by Crippen LogP contribution is 2.29. The Morgan fingerprint density at radius 1 is 1.43 bits per heavy atom. The van der Waals surface area contributed by atoms with E-state index in [1.807, 2.05) is 32.0 Å². The zero-order valence-electron chi connectivity index (χ0n) is 13.0. The van der Waals surface area contributed by atoms with Crippen LogP contribution >= 0.6 is 0 Å². The summed E-state index contributed by atoms with van der Waals surface area (Å²) in [6.45, 7) is 5.59. The van der Waals surface area contributed by atoms with E-state index >= 15 is 0 Å². The minimum Gasteiger partial charge on any atom is -0.395 e. The number of aliphatic hydroxyl groups excluding tert-OH is 1. The summed E-state index contributed by atoms with van der Waals surface area (Å²) in [6, 6.07) is 10.6. The van der Waals surface area contributed by atoms with Crippen molar-refractivity contribution in [2.45, 2.75) is 44.4 Å². The fourth-order valence-corrected chi connectivity index (χ4v) is 3.04. The first-order chi connectivity index (χ1) is 10.0. The van der Waals surface area contributed by atoms with Crippen molar-refractivity contribution in [3.05, 3.63) is 35.4 Å². The SMILES string of the molecule is CO[C@@H]1C[C@@H](CO)N(Cc2ccccc2C(C)(C)C#N)C1. The Bertz CT molecular complexity index is 522. The smallest absolute Gasteiger partial charge is 0.0769 e. The molecule has 1 saturated heterocycles. The summed E-state index contributed by atoms with van der Waals surface area (Å²) in [6.07, 6.45) is 1.04. The number of aliphatic hydroxyl groups is 1. The molecule has 0 amide bonds. The first-order valence-electron chi connectivity index (χ1n) is 7.39. The molecule has 21 heavy (non-hydrogen) atoms. The first-order valence-corrected chi connectivity index (χ1v) is 7.39. The second kappa shape index (κ2) is 6.57. The molecule has 1 aliphatic heterocycles. The number of methoxy groups -OCH3 is 1. The molecular weight excluding hydrogens is 264 g/mol. The van der Waals surface area contributed by atoms with E-state index in [9.17, 15) is 10.4 Å². The van der Waals surface area contributed by atoms with Gasteiger partial charge in [0.2, 0.25) is 0 Å². The molecule has 1 aromatic carbocycles. The maximum absolute atomic E-state index is 9.55. The minimum absolute atomic E-state index is 0.133. The van der Waals surface area contributed by atoms with E-state index in [4.69, 9.17) is 4.74 Å². The summed E-state index contributed by atoms with van der Waals surface area (Å²) in [7, 11) is 1.72. The van der Waals surface area contributed by atoms with Crippen LogP contribution in [-0.2, 0) is 16.7 Å². The molecule has 0 saturated carbocycles. The van der Waals surface area contributed by atoms with Gasteiger partial charge in [0.25, 0.3) is 0 Å². The average molecular weight is 288 g/mol. The summed E-state index contributed by atoms with van der Waals surface area (Å²) < 4.78 is 5.42. The third-order valence-corrected chi connectivity index (χ3v) is 4.38. The molecule has 0 aliphatic carbocycles. The standard InChI is InChI=1S/C17H24N2O2/c1-17(2,12-18)16-7-5-4-6-13(16)9-19-10-15(21-3)8-14(19)11-20/h4-7,14-15,20H,8-11H2,1-3H3/t14-,15+/m0/s1. The topological polar surface area (TPSA) is 56.5 Å². The van der Waals surface area contributed by atoms with Crippen molar-refractivity contribution in [1.82, 2.24) is 4.90 Å². The molecule has 0 aromatic heterocycles. The fraction of sp³-hybridized carbons (Fsp3) is 0.588. The maximum Gasteiger partial charge on any atom is 0.0769 e. The number of likely N-dealkylation sites (tertiary alicyclic amines) is 1. The van der Waals surface area contributed by atoms with Gasteiger partial charge in [-0.25, -0.2) is 0 Å². The highest BCUT2D eigenvalue weighted by Gasteiger charge is 2.32. The molecule has 0 unspecified atom stereocenters. The number of nitriles is 1. The Balaban J connectivity index is 2.22. The average Bonchev–Trinajstić information content (AvgIpc) is 2.90. The fourth-order valence-electron chi connectivity index (χ4n) is 3.04. The van der Waals surface area contributed by atoms with Crippen LogP contribution in [0.2, 0.25) is 0 Å². The van der Waals surface area contributed by atoms with Crippen LogP contribution in [0, 0.1) is 11.3 Å². The lowest BCUT2D eigenvalue weighted by atomic mass is 9.83. The van der Waals surface area contributed by atoms with Gasteiger partial charge in [-0.2, -0.15) is 5.26 Å². The van der Waals surface area contributed by atoms with Crippen LogP contribution in [-0.4, -0.2) is 42.4 Å². The zero-order valence-corrected chi connectivity index (χ0v) is 13.0. The van der Waals surface area contributed by atoms with Gasteiger partial charge in [0, 0.05) is 26.2 Å². The number of rotatable bonds is 5. The van der Waals surface area contributed by atoms with Crippen LogP contribution in [0.3, 0.4) is 0 Å². The van der Waals surface area contributed by atoms with Crippen molar-refractivity contribution in [3.8, 4) is 6.07 Å². The largest absolute Gasteiger partial charge is 0.395 e. The number of nitrogens with zero attached hydrogens (tertiary/aromatic N) is 2. The lowest BCUT2D eigenvalue weighted by Gasteiger charge is -2.26. The molecule has 0 bridgehead atoms. The van der Waals surface area contributed by atoms with Gasteiger partial charge in [-0.15, -0.1) is 0 Å². The number of benzene rings is 1. The van der Waals surface area contributed by atoms with Gasteiger partial charge in [-0.05, 0) is 31.4 Å². The van der Waals surface area contributed by atoms with Crippen LogP contribution in [0.5, 0.6) is 0 Å². The van der Waals surface area contributed by atoms with Crippen molar-refractivity contribution in [2.75, 3.05) is 20.3 Å². The van der Waals surface area contributed by atoms with Crippen LogP contribution < -0.4 is 0 Å². The highest BCUT2D eigenvalue weighted by molar-refractivity contribution is 5.37. The third kappa shape index (κ3) is 3.44. The van der Waals surface area contributed by atoms with Crippen molar-refractivity contribution < 1.29 is 9.84 Å². The van der Waals surface area contributed by atoms with Gasteiger partial charge < -0.3 is 9.84 Å². The maximum atomic E-state index is 9.55. The van der Waals surface area contributed by atoms with Crippen LogP contribution in [0.1, 0.15) is 31.4 Å². The lowest BCUT2D eigenvalue weighted by Crippen LogP contribution is -2.33. The second-order valence-electron chi connectivity index (χ2n) is 6.25. The quantitative estimate of drug-likeness (QED) is 0.901. The Labute approximate surface area is 127 Å². The monoisotopic (exact) mass is 288 g/mol. The van der Waals surface area contributed by atoms with Crippen molar-refractivity contribution >= 4 is 0 Å². The van der Waals surface area contributed by atoms with Crippen molar-refractivity contribution in [2.24, 2.45) is 0 Å². The summed E-state index contributed by atoms with van der Waals surface area (Å²) >= 11 is 0. The molecule has 1 heterocycles.